The van der Waals surface area contributed by atoms with Gasteiger partial charge in [0.25, 0.3) is 0 Å². The van der Waals surface area contributed by atoms with E-state index in [0.717, 1.165) is 11.1 Å². The molecule has 15 heavy (non-hydrogen) atoms. The van der Waals surface area contributed by atoms with Gasteiger partial charge in [-0.05, 0) is 23.6 Å². The predicted octanol–water partition coefficient (Wildman–Crippen LogP) is 2.58. The largest absolute Gasteiger partial charge is 0.465 e. The number of carbonyl (C=O) groups is 1. The number of esters is 1. The van der Waals surface area contributed by atoms with Gasteiger partial charge >= 0.3 is 5.97 Å². The summed E-state index contributed by atoms with van der Waals surface area (Å²) in [6, 6.07) is 5.31. The highest BCUT2D eigenvalue weighted by Gasteiger charge is 2.10. The van der Waals surface area contributed by atoms with E-state index in [1.807, 2.05) is 6.07 Å². The third-order valence-corrected chi connectivity index (χ3v) is 2.25. The van der Waals surface area contributed by atoms with Gasteiger partial charge in [0.05, 0.1) is 12.7 Å². The third-order valence-electron chi connectivity index (χ3n) is 2.25. The van der Waals surface area contributed by atoms with Crippen LogP contribution in [0, 0.1) is 12.3 Å². The lowest BCUT2D eigenvalue weighted by atomic mass is 9.96. The highest BCUT2D eigenvalue weighted by atomic mass is 16.5. The Morgan fingerprint density at radius 1 is 1.47 bits per heavy atom. The van der Waals surface area contributed by atoms with Crippen LogP contribution in [0.1, 0.15) is 41.3 Å². The van der Waals surface area contributed by atoms with Gasteiger partial charge in [-0.2, -0.15) is 0 Å². The van der Waals surface area contributed by atoms with Gasteiger partial charge in [-0.25, -0.2) is 4.79 Å². The minimum atomic E-state index is -0.359. The van der Waals surface area contributed by atoms with Crippen molar-refractivity contribution in [3.63, 3.8) is 0 Å². The summed E-state index contributed by atoms with van der Waals surface area (Å²) in [5.41, 5.74) is 2.33. The molecule has 2 heteroatoms. The van der Waals surface area contributed by atoms with Crippen LogP contribution >= 0.6 is 0 Å². The Morgan fingerprint density at radius 2 is 2.13 bits per heavy atom. The molecule has 1 aromatic rings. The van der Waals surface area contributed by atoms with Gasteiger partial charge in [-0.15, -0.1) is 6.42 Å². The summed E-state index contributed by atoms with van der Waals surface area (Å²) in [6.45, 7) is 4.13. The topological polar surface area (TPSA) is 26.3 Å². The van der Waals surface area contributed by atoms with E-state index < -0.39 is 0 Å². The number of benzene rings is 1. The lowest BCUT2D eigenvalue weighted by molar-refractivity contribution is 0.0600. The molecule has 0 bridgehead atoms. The predicted molar refractivity (Wildman–Crippen MR) is 59.8 cm³/mol. The quantitative estimate of drug-likeness (QED) is 0.544. The summed E-state index contributed by atoms with van der Waals surface area (Å²) in [6.07, 6.45) is 5.40. The molecule has 0 amide bonds. The van der Waals surface area contributed by atoms with E-state index in [-0.39, 0.29) is 5.97 Å². The molecule has 0 radical (unpaired) electrons. The molecule has 0 unspecified atom stereocenters. The molecule has 0 aliphatic heterocycles. The minimum Gasteiger partial charge on any atom is -0.465 e. The molecular formula is C13H14O2. The second-order valence-electron chi connectivity index (χ2n) is 3.59. The molecule has 0 aliphatic carbocycles. The van der Waals surface area contributed by atoms with Gasteiger partial charge in [0, 0.05) is 5.56 Å². The molecule has 1 aromatic carbocycles. The molecule has 0 atom stereocenters. The fraction of sp³-hybridized carbons (Fsp3) is 0.308. The molecule has 0 saturated carbocycles. The molecule has 0 spiro atoms. The normalized spacial score (nSPS) is 9.80. The van der Waals surface area contributed by atoms with Gasteiger partial charge in [0.2, 0.25) is 0 Å². The minimum absolute atomic E-state index is 0.350. The Kier molecular flexibility index (Phi) is 3.51. The van der Waals surface area contributed by atoms with Crippen LogP contribution in [-0.2, 0) is 4.74 Å². The maximum Gasteiger partial charge on any atom is 0.337 e. The van der Waals surface area contributed by atoms with E-state index in [0.29, 0.717) is 11.5 Å². The average molecular weight is 202 g/mol. The van der Waals surface area contributed by atoms with Gasteiger partial charge in [0.1, 0.15) is 0 Å². The molecule has 0 aromatic heterocycles. The zero-order valence-corrected chi connectivity index (χ0v) is 9.20. The van der Waals surface area contributed by atoms with Crippen LogP contribution < -0.4 is 0 Å². The van der Waals surface area contributed by atoms with Crippen molar-refractivity contribution in [1.82, 2.24) is 0 Å². The second kappa shape index (κ2) is 4.65. The molecular weight excluding hydrogens is 188 g/mol. The summed E-state index contributed by atoms with van der Waals surface area (Å²) in [5, 5.41) is 0. The highest BCUT2D eigenvalue weighted by molar-refractivity contribution is 5.89. The van der Waals surface area contributed by atoms with Crippen molar-refractivity contribution in [2.45, 2.75) is 19.8 Å². The van der Waals surface area contributed by atoms with Crippen LogP contribution in [0.3, 0.4) is 0 Å². The van der Waals surface area contributed by atoms with Gasteiger partial charge in [-0.3, -0.25) is 0 Å². The number of methoxy groups -OCH3 is 1. The van der Waals surface area contributed by atoms with Crippen molar-refractivity contribution in [2.24, 2.45) is 0 Å². The fourth-order valence-corrected chi connectivity index (χ4v) is 1.43. The maximum atomic E-state index is 11.3. The first-order valence-electron chi connectivity index (χ1n) is 4.79. The van der Waals surface area contributed by atoms with Crippen LogP contribution in [0.2, 0.25) is 0 Å². The monoisotopic (exact) mass is 202 g/mol. The van der Waals surface area contributed by atoms with Crippen molar-refractivity contribution in [1.29, 1.82) is 0 Å². The zero-order chi connectivity index (χ0) is 11.4. The van der Waals surface area contributed by atoms with Gasteiger partial charge < -0.3 is 4.74 Å². The van der Waals surface area contributed by atoms with Crippen LogP contribution in [0.25, 0.3) is 0 Å². The summed E-state index contributed by atoms with van der Waals surface area (Å²) in [7, 11) is 1.36. The van der Waals surface area contributed by atoms with Crippen LogP contribution in [0.15, 0.2) is 18.2 Å². The first kappa shape index (κ1) is 11.3. The summed E-state index contributed by atoms with van der Waals surface area (Å²) in [5.74, 6) is 2.58. The Hall–Kier alpha value is -1.75. The fourth-order valence-electron chi connectivity index (χ4n) is 1.43. The first-order valence-corrected chi connectivity index (χ1v) is 4.79. The number of hydrogen-bond donors (Lipinski definition) is 0. The SMILES string of the molecule is C#Cc1cc(C(=O)OC)ccc1C(C)C. The third kappa shape index (κ3) is 2.38. The molecule has 0 fully saturated rings. The van der Waals surface area contributed by atoms with Crippen molar-refractivity contribution in [3.05, 3.63) is 34.9 Å². The average Bonchev–Trinajstić information content (AvgIpc) is 2.26. The van der Waals surface area contributed by atoms with E-state index in [1.165, 1.54) is 7.11 Å². The van der Waals surface area contributed by atoms with Crippen molar-refractivity contribution < 1.29 is 9.53 Å². The van der Waals surface area contributed by atoms with Crippen LogP contribution in [0.4, 0.5) is 0 Å². The van der Waals surface area contributed by atoms with E-state index in [4.69, 9.17) is 6.42 Å². The summed E-state index contributed by atoms with van der Waals surface area (Å²) >= 11 is 0. The number of terminal acetylenes is 1. The molecule has 0 heterocycles. The molecule has 0 aliphatic rings. The molecule has 1 rings (SSSR count). The molecule has 78 valence electrons. The maximum absolute atomic E-state index is 11.3. The molecule has 0 N–H and O–H groups in total. The smallest absolute Gasteiger partial charge is 0.337 e. The van der Waals surface area contributed by atoms with Crippen molar-refractivity contribution >= 4 is 5.97 Å². The van der Waals surface area contributed by atoms with Gasteiger partial charge in [-0.1, -0.05) is 25.8 Å². The Bertz CT molecular complexity index is 411. The highest BCUT2D eigenvalue weighted by Crippen LogP contribution is 2.20. The summed E-state index contributed by atoms with van der Waals surface area (Å²) < 4.78 is 4.63. The van der Waals surface area contributed by atoms with Crippen LogP contribution in [-0.4, -0.2) is 13.1 Å². The Labute approximate surface area is 90.3 Å². The summed E-state index contributed by atoms with van der Waals surface area (Å²) in [4.78, 5) is 11.3. The lowest BCUT2D eigenvalue weighted by Gasteiger charge is -2.09. The van der Waals surface area contributed by atoms with Crippen LogP contribution in [0.5, 0.6) is 0 Å². The number of carbonyl (C=O) groups excluding carboxylic acids is 1. The standard InChI is InChI=1S/C13H14O2/c1-5-10-8-11(13(14)15-4)6-7-12(10)9(2)3/h1,6-9H,2-4H3. The number of ether oxygens (including phenoxy) is 1. The number of hydrogen-bond acceptors (Lipinski definition) is 2. The second-order valence-corrected chi connectivity index (χ2v) is 3.59. The van der Waals surface area contributed by atoms with E-state index in [2.05, 4.69) is 24.5 Å². The zero-order valence-electron chi connectivity index (χ0n) is 9.20. The van der Waals surface area contributed by atoms with Crippen molar-refractivity contribution in [3.8, 4) is 12.3 Å². The Morgan fingerprint density at radius 3 is 2.60 bits per heavy atom. The lowest BCUT2D eigenvalue weighted by Crippen LogP contribution is -2.03. The van der Waals surface area contributed by atoms with E-state index >= 15 is 0 Å². The molecule has 0 saturated heterocycles. The molecule has 2 nitrogen and oxygen atoms in total. The van der Waals surface area contributed by atoms with Gasteiger partial charge in [0.15, 0.2) is 0 Å². The number of rotatable bonds is 2. The van der Waals surface area contributed by atoms with E-state index in [9.17, 15) is 4.79 Å². The van der Waals surface area contributed by atoms with E-state index in [1.54, 1.807) is 12.1 Å². The van der Waals surface area contributed by atoms with Crippen molar-refractivity contribution in [2.75, 3.05) is 7.11 Å². The Balaban J connectivity index is 3.21. The first-order chi connectivity index (χ1) is 7.10.